The van der Waals surface area contributed by atoms with Crippen molar-refractivity contribution in [2.45, 2.75) is 38.5 Å². The van der Waals surface area contributed by atoms with E-state index < -0.39 is 4.92 Å². The van der Waals surface area contributed by atoms with Crippen LogP contribution in [0.3, 0.4) is 0 Å². The van der Waals surface area contributed by atoms with E-state index in [1.807, 2.05) is 0 Å². The van der Waals surface area contributed by atoms with E-state index in [-0.39, 0.29) is 11.6 Å². The fourth-order valence-corrected chi connectivity index (χ4v) is 2.07. The van der Waals surface area contributed by atoms with Crippen LogP contribution in [-0.4, -0.2) is 18.6 Å². The van der Waals surface area contributed by atoms with Crippen molar-refractivity contribution in [3.05, 3.63) is 27.8 Å². The first-order valence-corrected chi connectivity index (χ1v) is 7.21. The first-order chi connectivity index (χ1) is 9.63. The van der Waals surface area contributed by atoms with Crippen molar-refractivity contribution in [1.29, 1.82) is 0 Å². The third-order valence-corrected chi connectivity index (χ3v) is 3.25. The van der Waals surface area contributed by atoms with E-state index >= 15 is 0 Å². The lowest BCUT2D eigenvalue weighted by Crippen LogP contribution is -2.02. The Morgan fingerprint density at radius 1 is 1.25 bits per heavy atom. The predicted octanol–water partition coefficient (Wildman–Crippen LogP) is 4.30. The third kappa shape index (κ3) is 4.56. The number of halogens is 1. The second kappa shape index (κ2) is 8.64. The van der Waals surface area contributed by atoms with Gasteiger partial charge >= 0.3 is 0 Å². The molecule has 0 aliphatic rings. The van der Waals surface area contributed by atoms with Crippen LogP contribution < -0.4 is 9.47 Å². The first kappa shape index (κ1) is 16.6. The van der Waals surface area contributed by atoms with Crippen LogP contribution in [0.4, 0.5) is 5.69 Å². The molecule has 5 nitrogen and oxygen atoms in total. The largest absolute Gasteiger partial charge is 0.493 e. The molecule has 0 saturated heterocycles. The van der Waals surface area contributed by atoms with Crippen LogP contribution in [0.5, 0.6) is 11.5 Å². The molecule has 0 aliphatic carbocycles. The van der Waals surface area contributed by atoms with Crippen LogP contribution in [-0.2, 0) is 5.88 Å². The Morgan fingerprint density at radius 2 is 2.00 bits per heavy atom. The molecule has 0 fully saturated rings. The maximum atomic E-state index is 11.0. The van der Waals surface area contributed by atoms with Crippen molar-refractivity contribution < 1.29 is 14.4 Å². The van der Waals surface area contributed by atoms with E-state index in [1.165, 1.54) is 13.2 Å². The summed E-state index contributed by atoms with van der Waals surface area (Å²) in [6.45, 7) is 2.66. The third-order valence-electron chi connectivity index (χ3n) is 2.96. The fraction of sp³-hybridized carbons (Fsp3) is 0.571. The maximum absolute atomic E-state index is 11.0. The lowest BCUT2D eigenvalue weighted by Gasteiger charge is -2.12. The molecule has 6 heteroatoms. The molecule has 1 aromatic carbocycles. The van der Waals surface area contributed by atoms with Gasteiger partial charge in [-0.05, 0) is 12.5 Å². The average Bonchev–Trinajstić information content (AvgIpc) is 2.46. The number of methoxy groups -OCH3 is 1. The maximum Gasteiger partial charge on any atom is 0.277 e. The summed E-state index contributed by atoms with van der Waals surface area (Å²) in [6.07, 6.45) is 4.31. The smallest absolute Gasteiger partial charge is 0.277 e. The lowest BCUT2D eigenvalue weighted by molar-refractivity contribution is -0.385. The average molecular weight is 302 g/mol. The monoisotopic (exact) mass is 301 g/mol. The van der Waals surface area contributed by atoms with Crippen molar-refractivity contribution in [3.63, 3.8) is 0 Å². The highest BCUT2D eigenvalue weighted by molar-refractivity contribution is 6.17. The molecule has 0 N–H and O–H groups in total. The normalized spacial score (nSPS) is 10.3. The van der Waals surface area contributed by atoms with Crippen LogP contribution >= 0.6 is 11.6 Å². The number of alkyl halides is 1. The van der Waals surface area contributed by atoms with Gasteiger partial charge in [-0.3, -0.25) is 10.1 Å². The zero-order valence-electron chi connectivity index (χ0n) is 11.9. The zero-order chi connectivity index (χ0) is 15.0. The number of rotatable bonds is 9. The van der Waals surface area contributed by atoms with Gasteiger partial charge in [0.2, 0.25) is 0 Å². The summed E-state index contributed by atoms with van der Waals surface area (Å²) < 4.78 is 10.8. The molecular formula is C14H20ClNO4. The predicted molar refractivity (Wildman–Crippen MR) is 78.8 cm³/mol. The number of benzene rings is 1. The van der Waals surface area contributed by atoms with E-state index in [0.29, 0.717) is 23.7 Å². The summed E-state index contributed by atoms with van der Waals surface area (Å²) in [4.78, 5) is 10.5. The molecule has 20 heavy (non-hydrogen) atoms. The molecule has 1 rings (SSSR count). The molecule has 0 heterocycles. The number of hydrogen-bond acceptors (Lipinski definition) is 4. The van der Waals surface area contributed by atoms with Gasteiger partial charge < -0.3 is 9.47 Å². The molecule has 1 aromatic rings. The molecule has 0 radical (unpaired) electrons. The lowest BCUT2D eigenvalue weighted by atomic mass is 10.1. The van der Waals surface area contributed by atoms with Gasteiger partial charge in [0.05, 0.1) is 30.6 Å². The quantitative estimate of drug-likeness (QED) is 0.295. The highest BCUT2D eigenvalue weighted by Gasteiger charge is 2.19. The Morgan fingerprint density at radius 3 is 2.55 bits per heavy atom. The number of nitro groups is 1. The molecule has 0 bridgehead atoms. The second-order valence-corrected chi connectivity index (χ2v) is 4.70. The minimum absolute atomic E-state index is 0.0376. The Hall–Kier alpha value is -1.49. The van der Waals surface area contributed by atoms with Gasteiger partial charge in [0.1, 0.15) is 0 Å². The van der Waals surface area contributed by atoms with Crippen molar-refractivity contribution in [3.8, 4) is 11.5 Å². The summed E-state index contributed by atoms with van der Waals surface area (Å²) in [5.74, 6) is 0.926. The molecule has 0 spiro atoms. The fourth-order valence-electron chi connectivity index (χ4n) is 1.85. The van der Waals surface area contributed by atoms with Crippen molar-refractivity contribution >= 4 is 17.3 Å². The Bertz CT molecular complexity index is 451. The highest BCUT2D eigenvalue weighted by Crippen LogP contribution is 2.35. The molecule has 0 aliphatic heterocycles. The van der Waals surface area contributed by atoms with Gasteiger partial charge in [0.15, 0.2) is 11.5 Å². The molecule has 0 amide bonds. The van der Waals surface area contributed by atoms with Gasteiger partial charge in [-0.1, -0.05) is 26.2 Å². The molecule has 0 unspecified atom stereocenters. The number of unbranched alkanes of at least 4 members (excludes halogenated alkanes) is 3. The SMILES string of the molecule is CCCCCCOc1cc([N+](=O)[O-])c(CCl)cc1OC. The molecule has 0 saturated carbocycles. The van der Waals surface area contributed by atoms with Crippen LogP contribution in [0.25, 0.3) is 0 Å². The van der Waals surface area contributed by atoms with Gasteiger partial charge in [-0.15, -0.1) is 11.6 Å². The van der Waals surface area contributed by atoms with E-state index in [1.54, 1.807) is 6.07 Å². The van der Waals surface area contributed by atoms with Crippen LogP contribution in [0, 0.1) is 10.1 Å². The van der Waals surface area contributed by atoms with Gasteiger partial charge in [-0.25, -0.2) is 0 Å². The number of ether oxygens (including phenoxy) is 2. The van der Waals surface area contributed by atoms with Crippen molar-refractivity contribution in [2.75, 3.05) is 13.7 Å². The summed E-state index contributed by atoms with van der Waals surface area (Å²) in [5, 5.41) is 11.0. The van der Waals surface area contributed by atoms with Crippen LogP contribution in [0.2, 0.25) is 0 Å². The number of hydrogen-bond donors (Lipinski definition) is 0. The summed E-state index contributed by atoms with van der Waals surface area (Å²) in [7, 11) is 1.50. The van der Waals surface area contributed by atoms with Gasteiger partial charge in [0.25, 0.3) is 5.69 Å². The van der Waals surface area contributed by atoms with Gasteiger partial charge in [-0.2, -0.15) is 0 Å². The molecule has 0 aromatic heterocycles. The number of nitro benzene ring substituents is 1. The minimum Gasteiger partial charge on any atom is -0.493 e. The second-order valence-electron chi connectivity index (χ2n) is 4.43. The van der Waals surface area contributed by atoms with E-state index in [4.69, 9.17) is 21.1 Å². The topological polar surface area (TPSA) is 61.6 Å². The Balaban J connectivity index is 2.82. The first-order valence-electron chi connectivity index (χ1n) is 6.68. The molecule has 0 atom stereocenters. The van der Waals surface area contributed by atoms with E-state index in [9.17, 15) is 10.1 Å². The zero-order valence-corrected chi connectivity index (χ0v) is 12.6. The molecule has 112 valence electrons. The van der Waals surface area contributed by atoms with Crippen molar-refractivity contribution in [2.24, 2.45) is 0 Å². The molecular weight excluding hydrogens is 282 g/mol. The summed E-state index contributed by atoms with van der Waals surface area (Å²) in [5.41, 5.74) is 0.385. The number of nitrogens with zero attached hydrogens (tertiary/aromatic N) is 1. The highest BCUT2D eigenvalue weighted by atomic mass is 35.5. The summed E-state index contributed by atoms with van der Waals surface area (Å²) in [6, 6.07) is 2.95. The Kier molecular flexibility index (Phi) is 7.15. The summed E-state index contributed by atoms with van der Waals surface area (Å²) >= 11 is 5.72. The van der Waals surface area contributed by atoms with Crippen molar-refractivity contribution in [1.82, 2.24) is 0 Å². The van der Waals surface area contributed by atoms with Gasteiger partial charge in [0, 0.05) is 5.56 Å². The van der Waals surface area contributed by atoms with E-state index in [2.05, 4.69) is 6.92 Å². The van der Waals surface area contributed by atoms with Crippen LogP contribution in [0.15, 0.2) is 12.1 Å². The minimum atomic E-state index is -0.457. The van der Waals surface area contributed by atoms with E-state index in [0.717, 1.165) is 25.7 Å². The standard InChI is InChI=1S/C14H20ClNO4/c1-3-4-5-6-7-20-14-9-12(16(17)18)11(10-15)8-13(14)19-2/h8-9H,3-7,10H2,1-2H3. The van der Waals surface area contributed by atoms with Crippen LogP contribution in [0.1, 0.15) is 38.2 Å². The Labute approximate surface area is 124 Å².